The third-order valence-corrected chi connectivity index (χ3v) is 6.46. The number of anilines is 3. The van der Waals surface area contributed by atoms with Gasteiger partial charge in [0.1, 0.15) is 11.1 Å². The second-order valence-corrected chi connectivity index (χ2v) is 8.82. The van der Waals surface area contributed by atoms with Crippen LogP contribution in [0, 0.1) is 11.8 Å². The summed E-state index contributed by atoms with van der Waals surface area (Å²) < 4.78 is 44.2. The molecule has 5 rings (SSSR count). The summed E-state index contributed by atoms with van der Waals surface area (Å²) in [4.78, 5) is 23.0. The lowest BCUT2D eigenvalue weighted by Crippen LogP contribution is -2.57. The van der Waals surface area contributed by atoms with Crippen LogP contribution in [0.2, 0.25) is 0 Å². The molecule has 0 spiro atoms. The van der Waals surface area contributed by atoms with Crippen molar-refractivity contribution >= 4 is 34.3 Å². The normalized spacial score (nSPS) is 23.3. The first-order valence-electron chi connectivity index (χ1n) is 10.8. The minimum absolute atomic E-state index is 0.0287. The number of aromatic nitrogens is 2. The minimum atomic E-state index is -4.61. The van der Waals surface area contributed by atoms with Gasteiger partial charge in [0, 0.05) is 37.4 Å². The van der Waals surface area contributed by atoms with Gasteiger partial charge in [-0.1, -0.05) is 0 Å². The molecule has 1 saturated carbocycles. The molecule has 9 nitrogen and oxygen atoms in total. The zero-order chi connectivity index (χ0) is 24.2. The Morgan fingerprint density at radius 1 is 1.26 bits per heavy atom. The van der Waals surface area contributed by atoms with Gasteiger partial charge < -0.3 is 31.2 Å². The third-order valence-electron chi connectivity index (χ3n) is 6.46. The second kappa shape index (κ2) is 8.13. The van der Waals surface area contributed by atoms with Crippen molar-refractivity contribution in [1.29, 1.82) is 0 Å². The summed E-state index contributed by atoms with van der Waals surface area (Å²) in [6, 6.07) is 2.04. The predicted molar refractivity (Wildman–Crippen MR) is 118 cm³/mol. The van der Waals surface area contributed by atoms with Crippen molar-refractivity contribution in [3.8, 4) is 0 Å². The van der Waals surface area contributed by atoms with E-state index in [9.17, 15) is 23.1 Å². The number of aliphatic hydroxyl groups excluding tert-OH is 1. The molecule has 180 valence electrons. The highest BCUT2D eigenvalue weighted by Gasteiger charge is 2.43. The number of nitrogens with one attached hydrogen (secondary N) is 1. The van der Waals surface area contributed by atoms with Crippen LogP contribution < -0.4 is 21.7 Å². The highest BCUT2D eigenvalue weighted by atomic mass is 19.4. The Balaban J connectivity index is 1.43. The fraction of sp³-hybridized carbons (Fsp3) is 0.409. The highest BCUT2D eigenvalue weighted by Crippen LogP contribution is 2.42. The maximum absolute atomic E-state index is 13.1. The fourth-order valence-corrected chi connectivity index (χ4v) is 4.58. The molecule has 3 aromatic heterocycles. The summed E-state index contributed by atoms with van der Waals surface area (Å²) in [6.45, 7) is 0.959. The number of piperidine rings is 1. The molecule has 0 bridgehead atoms. The molecule has 4 heterocycles. The third kappa shape index (κ3) is 4.03. The first-order valence-corrected chi connectivity index (χ1v) is 10.8. The van der Waals surface area contributed by atoms with Crippen LogP contribution in [0.25, 0.3) is 11.1 Å². The van der Waals surface area contributed by atoms with Gasteiger partial charge in [0.2, 0.25) is 5.88 Å². The first kappa shape index (κ1) is 22.4. The Kier molecular flexibility index (Phi) is 5.36. The molecule has 1 unspecified atom stereocenters. The number of hydrogen-bond donors (Lipinski definition) is 4. The van der Waals surface area contributed by atoms with Crippen LogP contribution in [0.1, 0.15) is 28.8 Å². The van der Waals surface area contributed by atoms with E-state index in [4.69, 9.17) is 15.9 Å². The quantitative estimate of drug-likeness (QED) is 0.450. The zero-order valence-electron chi connectivity index (χ0n) is 17.9. The largest absolute Gasteiger partial charge is 0.438 e. The van der Waals surface area contributed by atoms with E-state index in [1.54, 1.807) is 12.3 Å². The van der Waals surface area contributed by atoms with Crippen molar-refractivity contribution in [2.75, 3.05) is 29.0 Å². The summed E-state index contributed by atoms with van der Waals surface area (Å²) in [5.41, 5.74) is 11.6. The van der Waals surface area contributed by atoms with Gasteiger partial charge in [-0.05, 0) is 30.9 Å². The number of hydrogen-bond acceptors (Lipinski definition) is 8. The Morgan fingerprint density at radius 3 is 2.74 bits per heavy atom. The molecule has 1 saturated heterocycles. The summed E-state index contributed by atoms with van der Waals surface area (Å²) in [5, 5.41) is 13.2. The second-order valence-electron chi connectivity index (χ2n) is 8.82. The lowest BCUT2D eigenvalue weighted by molar-refractivity contribution is -0.137. The monoisotopic (exact) mass is 476 g/mol. The van der Waals surface area contributed by atoms with E-state index in [0.717, 1.165) is 18.9 Å². The molecule has 3 aromatic rings. The van der Waals surface area contributed by atoms with Crippen molar-refractivity contribution in [2.45, 2.75) is 31.2 Å². The van der Waals surface area contributed by atoms with E-state index in [1.165, 1.54) is 6.20 Å². The number of nitrogens with two attached hydrogens (primary N) is 2. The van der Waals surface area contributed by atoms with Gasteiger partial charge in [0.05, 0.1) is 29.2 Å². The molecule has 2 fully saturated rings. The lowest BCUT2D eigenvalue weighted by atomic mass is 9.87. The molecule has 6 N–H and O–H groups in total. The number of fused-ring (bicyclic) bond motifs is 1. The molecular formula is C22H23F3N6O3. The van der Waals surface area contributed by atoms with E-state index < -0.39 is 29.8 Å². The number of rotatable bonds is 4. The van der Waals surface area contributed by atoms with E-state index in [0.29, 0.717) is 36.6 Å². The number of pyridine rings is 2. The number of furan rings is 1. The minimum Gasteiger partial charge on any atom is -0.438 e. The molecule has 1 amide bonds. The number of amides is 1. The van der Waals surface area contributed by atoms with Crippen LogP contribution in [0.4, 0.5) is 30.4 Å². The summed E-state index contributed by atoms with van der Waals surface area (Å²) >= 11 is 0. The van der Waals surface area contributed by atoms with Crippen LogP contribution in [-0.4, -0.2) is 46.2 Å². The number of halogens is 3. The average molecular weight is 476 g/mol. The average Bonchev–Trinajstić information content (AvgIpc) is 3.56. The van der Waals surface area contributed by atoms with Crippen LogP contribution in [-0.2, 0) is 6.18 Å². The van der Waals surface area contributed by atoms with Crippen LogP contribution in [0.5, 0.6) is 0 Å². The van der Waals surface area contributed by atoms with E-state index in [1.807, 2.05) is 4.90 Å². The Labute approximate surface area is 191 Å². The standard InChI is InChI=1S/C22H23F3N6O3/c23-22(24,25)11-5-16-18(29-6-11)17(20(27)34-16)21(33)30-14-7-28-4-3-15(14)31-8-12(10-1-2-10)19(32)13(26)9-31/h3-7,10,12-13,19,32H,1-2,8-9,26-27H2,(H,30,33)/t12?,13-,19-/m1/s1. The molecule has 0 aromatic carbocycles. The molecule has 2 aliphatic rings. The number of alkyl halides is 3. The fourth-order valence-electron chi connectivity index (χ4n) is 4.58. The van der Waals surface area contributed by atoms with E-state index in [-0.39, 0.29) is 28.5 Å². The number of carbonyl (C=O) groups is 1. The van der Waals surface area contributed by atoms with Crippen LogP contribution >= 0.6 is 0 Å². The van der Waals surface area contributed by atoms with Crippen molar-refractivity contribution in [3.63, 3.8) is 0 Å². The predicted octanol–water partition coefficient (Wildman–Crippen LogP) is 2.61. The number of carbonyl (C=O) groups excluding carboxylic acids is 1. The van der Waals surface area contributed by atoms with E-state index >= 15 is 0 Å². The molecule has 3 atom stereocenters. The van der Waals surface area contributed by atoms with Crippen LogP contribution in [0.3, 0.4) is 0 Å². The Bertz CT molecular complexity index is 1240. The zero-order valence-corrected chi connectivity index (χ0v) is 17.9. The van der Waals surface area contributed by atoms with E-state index in [2.05, 4.69) is 15.3 Å². The maximum atomic E-state index is 13.1. The van der Waals surface area contributed by atoms with Crippen LogP contribution in [0.15, 0.2) is 35.1 Å². The van der Waals surface area contributed by atoms with Crippen molar-refractivity contribution < 1.29 is 27.5 Å². The van der Waals surface area contributed by atoms with Gasteiger partial charge in [0.25, 0.3) is 5.91 Å². The van der Waals surface area contributed by atoms with Gasteiger partial charge in [0.15, 0.2) is 5.58 Å². The first-order chi connectivity index (χ1) is 16.1. The van der Waals surface area contributed by atoms with Crippen molar-refractivity contribution in [3.05, 3.63) is 41.9 Å². The summed E-state index contributed by atoms with van der Waals surface area (Å²) in [5.74, 6) is -0.589. The number of nitrogen functional groups attached to an aromatic ring is 1. The van der Waals surface area contributed by atoms with Gasteiger partial charge >= 0.3 is 6.18 Å². The lowest BCUT2D eigenvalue weighted by Gasteiger charge is -2.42. The smallest absolute Gasteiger partial charge is 0.418 e. The number of nitrogens with zero attached hydrogens (tertiary/aromatic N) is 3. The molecular weight excluding hydrogens is 453 g/mol. The van der Waals surface area contributed by atoms with Gasteiger partial charge in [-0.15, -0.1) is 0 Å². The highest BCUT2D eigenvalue weighted by molar-refractivity contribution is 6.15. The molecule has 0 radical (unpaired) electrons. The van der Waals surface area contributed by atoms with Gasteiger partial charge in [-0.2, -0.15) is 13.2 Å². The summed E-state index contributed by atoms with van der Waals surface area (Å²) in [6.07, 6.45) is 0.572. The molecule has 12 heteroatoms. The topological polar surface area (TPSA) is 144 Å². The molecule has 34 heavy (non-hydrogen) atoms. The van der Waals surface area contributed by atoms with Crippen molar-refractivity contribution in [2.24, 2.45) is 17.6 Å². The van der Waals surface area contributed by atoms with Gasteiger partial charge in [-0.25, -0.2) is 0 Å². The maximum Gasteiger partial charge on any atom is 0.418 e. The summed E-state index contributed by atoms with van der Waals surface area (Å²) in [7, 11) is 0. The molecule has 1 aliphatic heterocycles. The van der Waals surface area contributed by atoms with Crippen molar-refractivity contribution in [1.82, 2.24) is 9.97 Å². The number of aliphatic hydroxyl groups is 1. The van der Waals surface area contributed by atoms with Gasteiger partial charge in [-0.3, -0.25) is 14.8 Å². The Morgan fingerprint density at radius 2 is 2.03 bits per heavy atom. The Hall–Kier alpha value is -3.38. The SMILES string of the molecule is Nc1oc2cc(C(F)(F)F)cnc2c1C(=O)Nc1cnccc1N1CC(C2CC2)[C@@H](O)[C@H](N)C1. The molecule has 1 aliphatic carbocycles.